The molecule has 1 N–H and O–H groups in total. The third-order valence-electron chi connectivity index (χ3n) is 2.11. The van der Waals surface area contributed by atoms with Gasteiger partial charge in [0.1, 0.15) is 5.82 Å². The van der Waals surface area contributed by atoms with Gasteiger partial charge in [0.25, 0.3) is 0 Å². The van der Waals surface area contributed by atoms with E-state index in [0.29, 0.717) is 6.61 Å². The lowest BCUT2D eigenvalue weighted by molar-refractivity contribution is 0.196. The molecule has 0 fully saturated rings. The monoisotopic (exact) mass is 228 g/mol. The van der Waals surface area contributed by atoms with Crippen molar-refractivity contribution in [1.82, 2.24) is 4.98 Å². The van der Waals surface area contributed by atoms with Crippen LogP contribution in [0.1, 0.15) is 12.0 Å². The fourth-order valence-corrected chi connectivity index (χ4v) is 1.52. The first-order valence-electron chi connectivity index (χ1n) is 5.02. The summed E-state index contributed by atoms with van der Waals surface area (Å²) in [6.45, 7) is 3.43. The van der Waals surface area contributed by atoms with Crippen molar-refractivity contribution in [2.75, 3.05) is 25.6 Å². The van der Waals surface area contributed by atoms with E-state index in [4.69, 9.17) is 16.3 Å². The SMILES string of the molecule is COCC(Cl)CCNc1ncccc1C. The lowest BCUT2D eigenvalue weighted by Crippen LogP contribution is -2.14. The second-order valence-electron chi connectivity index (χ2n) is 3.44. The second kappa shape index (κ2) is 6.64. The van der Waals surface area contributed by atoms with Crippen molar-refractivity contribution in [2.45, 2.75) is 18.7 Å². The van der Waals surface area contributed by atoms with Gasteiger partial charge in [-0.3, -0.25) is 0 Å². The number of aromatic nitrogens is 1. The molecule has 1 heterocycles. The summed E-state index contributed by atoms with van der Waals surface area (Å²) < 4.78 is 4.95. The Morgan fingerprint density at radius 1 is 1.60 bits per heavy atom. The van der Waals surface area contributed by atoms with E-state index in [1.54, 1.807) is 13.3 Å². The Bertz CT molecular complexity index is 294. The Labute approximate surface area is 95.8 Å². The number of ether oxygens (including phenoxy) is 1. The Kier molecular flexibility index (Phi) is 5.43. The van der Waals surface area contributed by atoms with Gasteiger partial charge >= 0.3 is 0 Å². The smallest absolute Gasteiger partial charge is 0.128 e. The second-order valence-corrected chi connectivity index (χ2v) is 4.05. The van der Waals surface area contributed by atoms with E-state index in [-0.39, 0.29) is 5.38 Å². The minimum absolute atomic E-state index is 0.0616. The van der Waals surface area contributed by atoms with Gasteiger partial charge in [-0.2, -0.15) is 0 Å². The van der Waals surface area contributed by atoms with Crippen LogP contribution in [0.3, 0.4) is 0 Å². The van der Waals surface area contributed by atoms with Gasteiger partial charge in [0.15, 0.2) is 0 Å². The molecule has 0 aromatic carbocycles. The van der Waals surface area contributed by atoms with Crippen LogP contribution in [0.5, 0.6) is 0 Å². The van der Waals surface area contributed by atoms with E-state index in [1.165, 1.54) is 0 Å². The van der Waals surface area contributed by atoms with Crippen LogP contribution in [0.25, 0.3) is 0 Å². The van der Waals surface area contributed by atoms with E-state index < -0.39 is 0 Å². The van der Waals surface area contributed by atoms with E-state index in [2.05, 4.69) is 10.3 Å². The minimum Gasteiger partial charge on any atom is -0.383 e. The maximum atomic E-state index is 6.00. The number of halogens is 1. The highest BCUT2D eigenvalue weighted by molar-refractivity contribution is 6.20. The van der Waals surface area contributed by atoms with Crippen molar-refractivity contribution in [3.8, 4) is 0 Å². The largest absolute Gasteiger partial charge is 0.383 e. The molecule has 3 nitrogen and oxygen atoms in total. The molecule has 0 aliphatic carbocycles. The van der Waals surface area contributed by atoms with Crippen molar-refractivity contribution in [2.24, 2.45) is 0 Å². The highest BCUT2D eigenvalue weighted by Gasteiger charge is 2.04. The van der Waals surface area contributed by atoms with Crippen LogP contribution < -0.4 is 5.32 Å². The molecule has 0 saturated carbocycles. The zero-order valence-electron chi connectivity index (χ0n) is 9.16. The standard InChI is InChI=1S/C11H17ClN2O/c1-9-4-3-6-13-11(9)14-7-5-10(12)8-15-2/h3-4,6,10H,5,7-8H2,1-2H3,(H,13,14). The summed E-state index contributed by atoms with van der Waals surface area (Å²) >= 11 is 6.00. The lowest BCUT2D eigenvalue weighted by atomic mass is 10.2. The number of pyridine rings is 1. The Hall–Kier alpha value is -0.800. The number of nitrogens with zero attached hydrogens (tertiary/aromatic N) is 1. The lowest BCUT2D eigenvalue weighted by Gasteiger charge is -2.10. The van der Waals surface area contributed by atoms with E-state index >= 15 is 0 Å². The number of anilines is 1. The maximum absolute atomic E-state index is 6.00. The average Bonchev–Trinajstić information content (AvgIpc) is 2.21. The van der Waals surface area contributed by atoms with E-state index in [9.17, 15) is 0 Å². The molecule has 0 aliphatic rings. The van der Waals surface area contributed by atoms with Gasteiger partial charge < -0.3 is 10.1 Å². The normalized spacial score (nSPS) is 12.5. The molecule has 0 radical (unpaired) electrons. The van der Waals surface area contributed by atoms with E-state index in [0.717, 1.165) is 24.3 Å². The molecule has 1 atom stereocenters. The quantitative estimate of drug-likeness (QED) is 0.760. The maximum Gasteiger partial charge on any atom is 0.128 e. The van der Waals surface area contributed by atoms with Crippen LogP contribution in [0.2, 0.25) is 0 Å². The zero-order chi connectivity index (χ0) is 11.1. The molecule has 0 bridgehead atoms. The van der Waals surface area contributed by atoms with Crippen molar-refractivity contribution in [1.29, 1.82) is 0 Å². The molecule has 84 valence electrons. The van der Waals surface area contributed by atoms with E-state index in [1.807, 2.05) is 19.1 Å². The summed E-state index contributed by atoms with van der Waals surface area (Å²) in [5.41, 5.74) is 1.15. The molecule has 0 saturated heterocycles. The van der Waals surface area contributed by atoms with Crippen LogP contribution >= 0.6 is 11.6 Å². The summed E-state index contributed by atoms with van der Waals surface area (Å²) in [5, 5.41) is 3.31. The van der Waals surface area contributed by atoms with Gasteiger partial charge in [-0.05, 0) is 25.0 Å². The van der Waals surface area contributed by atoms with Crippen LogP contribution in [-0.2, 0) is 4.74 Å². The van der Waals surface area contributed by atoms with Crippen LogP contribution in [0.4, 0.5) is 5.82 Å². The summed E-state index contributed by atoms with van der Waals surface area (Å²) in [6.07, 6.45) is 2.65. The van der Waals surface area contributed by atoms with Gasteiger partial charge in [-0.1, -0.05) is 6.07 Å². The third kappa shape index (κ3) is 4.49. The number of hydrogen-bond donors (Lipinski definition) is 1. The number of rotatable bonds is 6. The fraction of sp³-hybridized carbons (Fsp3) is 0.545. The molecular formula is C11H17ClN2O. The van der Waals surface area contributed by atoms with Gasteiger partial charge in [-0.15, -0.1) is 11.6 Å². The number of methoxy groups -OCH3 is 1. The molecule has 1 unspecified atom stereocenters. The summed E-state index contributed by atoms with van der Waals surface area (Å²) in [6, 6.07) is 3.96. The zero-order valence-corrected chi connectivity index (χ0v) is 9.92. The van der Waals surface area contributed by atoms with Crippen LogP contribution in [-0.4, -0.2) is 30.6 Å². The molecule has 0 amide bonds. The molecule has 0 spiro atoms. The van der Waals surface area contributed by atoms with Crippen molar-refractivity contribution in [3.63, 3.8) is 0 Å². The average molecular weight is 229 g/mol. The number of alkyl halides is 1. The summed E-state index contributed by atoms with van der Waals surface area (Å²) in [4.78, 5) is 4.24. The number of aryl methyl sites for hydroxylation is 1. The van der Waals surface area contributed by atoms with Gasteiger partial charge in [0, 0.05) is 19.9 Å². The molecule has 1 aromatic rings. The first-order chi connectivity index (χ1) is 7.24. The van der Waals surface area contributed by atoms with Crippen molar-refractivity contribution < 1.29 is 4.74 Å². The Morgan fingerprint density at radius 2 is 2.40 bits per heavy atom. The molecule has 1 aromatic heterocycles. The van der Waals surface area contributed by atoms with Gasteiger partial charge in [-0.25, -0.2) is 4.98 Å². The van der Waals surface area contributed by atoms with Crippen LogP contribution in [0, 0.1) is 6.92 Å². The summed E-state index contributed by atoms with van der Waals surface area (Å²) in [7, 11) is 1.66. The van der Waals surface area contributed by atoms with Gasteiger partial charge in [0.2, 0.25) is 0 Å². The topological polar surface area (TPSA) is 34.1 Å². The van der Waals surface area contributed by atoms with Gasteiger partial charge in [0.05, 0.1) is 12.0 Å². The Morgan fingerprint density at radius 3 is 3.07 bits per heavy atom. The fourth-order valence-electron chi connectivity index (χ4n) is 1.28. The highest BCUT2D eigenvalue weighted by Crippen LogP contribution is 2.10. The molecule has 15 heavy (non-hydrogen) atoms. The molecule has 4 heteroatoms. The molecule has 0 aliphatic heterocycles. The number of nitrogens with one attached hydrogen (secondary N) is 1. The third-order valence-corrected chi connectivity index (χ3v) is 2.45. The highest BCUT2D eigenvalue weighted by atomic mass is 35.5. The first kappa shape index (κ1) is 12.3. The number of hydrogen-bond acceptors (Lipinski definition) is 3. The molecular weight excluding hydrogens is 212 g/mol. The van der Waals surface area contributed by atoms with Crippen LogP contribution in [0.15, 0.2) is 18.3 Å². The van der Waals surface area contributed by atoms with Crippen molar-refractivity contribution >= 4 is 17.4 Å². The minimum atomic E-state index is 0.0616. The summed E-state index contributed by atoms with van der Waals surface area (Å²) in [5.74, 6) is 0.929. The van der Waals surface area contributed by atoms with Crippen molar-refractivity contribution in [3.05, 3.63) is 23.9 Å². The first-order valence-corrected chi connectivity index (χ1v) is 5.46. The predicted octanol–water partition coefficient (Wildman–Crippen LogP) is 2.45. The Balaban J connectivity index is 2.29. The molecule has 1 rings (SSSR count). The predicted molar refractivity (Wildman–Crippen MR) is 63.6 cm³/mol.